The van der Waals surface area contributed by atoms with Gasteiger partial charge in [0.05, 0.1) is 6.10 Å². The van der Waals surface area contributed by atoms with Crippen molar-refractivity contribution < 1.29 is 14.7 Å². The predicted molar refractivity (Wildman–Crippen MR) is 83.1 cm³/mol. The van der Waals surface area contributed by atoms with Crippen molar-refractivity contribution in [3.63, 3.8) is 0 Å². The SMILES string of the molecule is CC12CCC3C(CC(=O)C4CC(O)CCC43C)C1CC(=O)C2. The number of Topliss-reactive ketones (excluding diaryl/α,β-unsaturated/α-hetero) is 2. The van der Waals surface area contributed by atoms with E-state index in [0.717, 1.165) is 25.7 Å². The van der Waals surface area contributed by atoms with Crippen molar-refractivity contribution in [2.24, 2.45) is 34.5 Å². The highest BCUT2D eigenvalue weighted by Crippen LogP contribution is 2.64. The Morgan fingerprint density at radius 3 is 2.59 bits per heavy atom. The quantitative estimate of drug-likeness (QED) is 0.748. The highest BCUT2D eigenvalue weighted by atomic mass is 16.3. The van der Waals surface area contributed by atoms with Gasteiger partial charge in [0.15, 0.2) is 0 Å². The summed E-state index contributed by atoms with van der Waals surface area (Å²) < 4.78 is 0. The van der Waals surface area contributed by atoms with E-state index in [-0.39, 0.29) is 22.9 Å². The van der Waals surface area contributed by atoms with Crippen LogP contribution in [0.3, 0.4) is 0 Å². The van der Waals surface area contributed by atoms with Crippen LogP contribution in [-0.2, 0) is 9.59 Å². The van der Waals surface area contributed by atoms with Gasteiger partial charge in [-0.15, -0.1) is 0 Å². The van der Waals surface area contributed by atoms with Crippen molar-refractivity contribution in [1.82, 2.24) is 0 Å². The lowest BCUT2D eigenvalue weighted by atomic mass is 9.45. The zero-order valence-corrected chi connectivity index (χ0v) is 13.8. The summed E-state index contributed by atoms with van der Waals surface area (Å²) in [5.74, 6) is 2.24. The lowest BCUT2D eigenvalue weighted by Gasteiger charge is -2.59. The average molecular weight is 304 g/mol. The maximum Gasteiger partial charge on any atom is 0.136 e. The van der Waals surface area contributed by atoms with E-state index in [1.54, 1.807) is 0 Å². The van der Waals surface area contributed by atoms with Gasteiger partial charge in [-0.05, 0) is 60.7 Å². The molecule has 122 valence electrons. The zero-order chi connectivity index (χ0) is 15.7. The molecule has 7 unspecified atom stereocenters. The van der Waals surface area contributed by atoms with Crippen LogP contribution in [0.4, 0.5) is 0 Å². The van der Waals surface area contributed by atoms with E-state index in [1.807, 2.05) is 0 Å². The Labute approximate surface area is 132 Å². The van der Waals surface area contributed by atoms with Crippen molar-refractivity contribution in [3.05, 3.63) is 0 Å². The fourth-order valence-electron chi connectivity index (χ4n) is 6.80. The molecule has 0 heterocycles. The molecule has 4 saturated carbocycles. The fraction of sp³-hybridized carbons (Fsp3) is 0.895. The molecule has 3 heteroatoms. The largest absolute Gasteiger partial charge is 0.393 e. The summed E-state index contributed by atoms with van der Waals surface area (Å²) in [5, 5.41) is 10.0. The molecule has 0 saturated heterocycles. The molecule has 4 fully saturated rings. The second-order valence-electron chi connectivity index (χ2n) is 9.15. The Kier molecular flexibility index (Phi) is 3.15. The second kappa shape index (κ2) is 4.66. The van der Waals surface area contributed by atoms with Crippen molar-refractivity contribution in [1.29, 1.82) is 0 Å². The number of aliphatic hydroxyl groups excluding tert-OH is 1. The van der Waals surface area contributed by atoms with Gasteiger partial charge >= 0.3 is 0 Å². The number of carbonyl (C=O) groups is 2. The molecule has 4 aliphatic rings. The summed E-state index contributed by atoms with van der Waals surface area (Å²) in [5.41, 5.74) is 0.210. The molecule has 0 amide bonds. The minimum atomic E-state index is -0.291. The van der Waals surface area contributed by atoms with Gasteiger partial charge < -0.3 is 5.11 Å². The molecule has 0 spiro atoms. The molecule has 0 aliphatic heterocycles. The van der Waals surface area contributed by atoms with E-state index in [0.29, 0.717) is 48.6 Å². The first-order valence-electron chi connectivity index (χ1n) is 9.06. The number of hydrogen-bond acceptors (Lipinski definition) is 3. The minimum Gasteiger partial charge on any atom is -0.393 e. The lowest BCUT2D eigenvalue weighted by Crippen LogP contribution is -2.56. The van der Waals surface area contributed by atoms with Crippen LogP contribution in [0.1, 0.15) is 65.2 Å². The van der Waals surface area contributed by atoms with Gasteiger partial charge in [0.25, 0.3) is 0 Å². The molecule has 3 nitrogen and oxygen atoms in total. The van der Waals surface area contributed by atoms with Gasteiger partial charge in [-0.1, -0.05) is 13.8 Å². The number of fused-ring (bicyclic) bond motifs is 5. The van der Waals surface area contributed by atoms with Crippen LogP contribution in [0.5, 0.6) is 0 Å². The number of hydrogen-bond donors (Lipinski definition) is 1. The van der Waals surface area contributed by atoms with E-state index >= 15 is 0 Å². The number of rotatable bonds is 0. The first-order valence-corrected chi connectivity index (χ1v) is 9.06. The van der Waals surface area contributed by atoms with Crippen molar-refractivity contribution in [2.45, 2.75) is 71.3 Å². The number of ketones is 2. The van der Waals surface area contributed by atoms with Gasteiger partial charge in [0.2, 0.25) is 0 Å². The average Bonchev–Trinajstić information content (AvgIpc) is 2.76. The number of aliphatic hydroxyl groups is 1. The first kappa shape index (κ1) is 14.9. The molecular weight excluding hydrogens is 276 g/mol. The Hall–Kier alpha value is -0.700. The van der Waals surface area contributed by atoms with Crippen LogP contribution in [0, 0.1) is 34.5 Å². The summed E-state index contributed by atoms with van der Waals surface area (Å²) in [7, 11) is 0. The van der Waals surface area contributed by atoms with Crippen molar-refractivity contribution >= 4 is 11.6 Å². The summed E-state index contributed by atoms with van der Waals surface area (Å²) in [6.07, 6.45) is 6.59. The molecule has 0 radical (unpaired) electrons. The zero-order valence-electron chi connectivity index (χ0n) is 13.8. The molecule has 4 rings (SSSR count). The van der Waals surface area contributed by atoms with Gasteiger partial charge in [-0.2, -0.15) is 0 Å². The van der Waals surface area contributed by atoms with E-state index in [1.165, 1.54) is 6.42 Å². The lowest BCUT2D eigenvalue weighted by molar-refractivity contribution is -0.157. The van der Waals surface area contributed by atoms with Crippen LogP contribution in [0.25, 0.3) is 0 Å². The Morgan fingerprint density at radius 1 is 1.05 bits per heavy atom. The van der Waals surface area contributed by atoms with Crippen LogP contribution < -0.4 is 0 Å². The van der Waals surface area contributed by atoms with Gasteiger partial charge in [0, 0.05) is 25.2 Å². The maximum atomic E-state index is 12.8. The third kappa shape index (κ3) is 1.90. The van der Waals surface area contributed by atoms with Crippen LogP contribution in [-0.4, -0.2) is 22.8 Å². The monoisotopic (exact) mass is 304 g/mol. The maximum absolute atomic E-state index is 12.8. The van der Waals surface area contributed by atoms with E-state index < -0.39 is 0 Å². The Bertz CT molecular complexity index is 527. The molecule has 0 aromatic heterocycles. The second-order valence-corrected chi connectivity index (χ2v) is 9.15. The molecule has 7 atom stereocenters. The molecule has 0 aromatic carbocycles. The van der Waals surface area contributed by atoms with E-state index in [9.17, 15) is 14.7 Å². The minimum absolute atomic E-state index is 0.0546. The van der Waals surface area contributed by atoms with Crippen LogP contribution in [0.2, 0.25) is 0 Å². The molecule has 22 heavy (non-hydrogen) atoms. The Balaban J connectivity index is 1.69. The van der Waals surface area contributed by atoms with E-state index in [2.05, 4.69) is 13.8 Å². The van der Waals surface area contributed by atoms with E-state index in [4.69, 9.17) is 0 Å². The summed E-state index contributed by atoms with van der Waals surface area (Å²) in [4.78, 5) is 24.9. The highest BCUT2D eigenvalue weighted by molar-refractivity contribution is 5.85. The van der Waals surface area contributed by atoms with Gasteiger partial charge in [-0.25, -0.2) is 0 Å². The molecular formula is C19H28O3. The summed E-state index contributed by atoms with van der Waals surface area (Å²) in [6.45, 7) is 4.58. The Morgan fingerprint density at radius 2 is 1.82 bits per heavy atom. The van der Waals surface area contributed by atoms with Crippen LogP contribution in [0.15, 0.2) is 0 Å². The summed E-state index contributed by atoms with van der Waals surface area (Å²) >= 11 is 0. The molecule has 0 bridgehead atoms. The smallest absolute Gasteiger partial charge is 0.136 e. The molecule has 0 aromatic rings. The normalized spacial score (nSPS) is 54.6. The predicted octanol–water partition coefficient (Wildman–Crippen LogP) is 3.14. The third-order valence-electron chi connectivity index (χ3n) is 8.00. The number of carbonyl (C=O) groups excluding carboxylic acids is 2. The van der Waals surface area contributed by atoms with Gasteiger partial charge in [-0.3, -0.25) is 9.59 Å². The molecule has 1 N–H and O–H groups in total. The summed E-state index contributed by atoms with van der Waals surface area (Å²) in [6, 6.07) is 0. The van der Waals surface area contributed by atoms with Crippen molar-refractivity contribution in [3.8, 4) is 0 Å². The standard InChI is InChI=1S/C19H28O3/c1-18-5-4-14-13(15(18)8-12(21)10-18)9-17(22)16-7-11(20)3-6-19(14,16)2/h11,13-16,20H,3-10H2,1-2H3. The fourth-order valence-corrected chi connectivity index (χ4v) is 6.80. The molecule has 4 aliphatic carbocycles. The third-order valence-corrected chi connectivity index (χ3v) is 8.00. The topological polar surface area (TPSA) is 54.4 Å². The van der Waals surface area contributed by atoms with Gasteiger partial charge in [0.1, 0.15) is 11.6 Å². The van der Waals surface area contributed by atoms with Crippen LogP contribution >= 0.6 is 0 Å². The first-order chi connectivity index (χ1) is 10.3. The highest BCUT2D eigenvalue weighted by Gasteiger charge is 2.61. The van der Waals surface area contributed by atoms with Crippen molar-refractivity contribution in [2.75, 3.05) is 0 Å².